The van der Waals surface area contributed by atoms with E-state index >= 15 is 0 Å². The summed E-state index contributed by atoms with van der Waals surface area (Å²) in [5.41, 5.74) is 0.965. The fraction of sp³-hybridized carbons (Fsp3) is 0.455. The first-order chi connectivity index (χ1) is 7.69. The van der Waals surface area contributed by atoms with Gasteiger partial charge in [-0.05, 0) is 24.6 Å². The third-order valence-corrected chi connectivity index (χ3v) is 2.53. The largest absolute Gasteiger partial charge is 0.491 e. The molecule has 0 aliphatic carbocycles. The fourth-order valence-electron chi connectivity index (χ4n) is 1.31. The molecule has 0 unspecified atom stereocenters. The lowest BCUT2D eigenvalue weighted by Crippen LogP contribution is -2.17. The van der Waals surface area contributed by atoms with Crippen molar-refractivity contribution in [1.82, 2.24) is 5.32 Å². The van der Waals surface area contributed by atoms with Crippen LogP contribution in [0.25, 0.3) is 0 Å². The van der Waals surface area contributed by atoms with Crippen molar-refractivity contribution in [2.45, 2.75) is 13.5 Å². The molecule has 0 radical (unpaired) electrons. The zero-order valence-corrected chi connectivity index (χ0v) is 10.6. The van der Waals surface area contributed by atoms with Crippen LogP contribution in [0.5, 0.6) is 5.75 Å². The number of halogens is 2. The van der Waals surface area contributed by atoms with E-state index in [1.807, 2.05) is 19.1 Å². The molecule has 3 nitrogen and oxygen atoms in total. The molecule has 90 valence electrons. The van der Waals surface area contributed by atoms with Crippen LogP contribution in [0.1, 0.15) is 12.5 Å². The molecule has 16 heavy (non-hydrogen) atoms. The minimum Gasteiger partial charge on any atom is -0.491 e. The molecule has 1 aromatic carbocycles. The van der Waals surface area contributed by atoms with Crippen molar-refractivity contribution >= 4 is 23.2 Å². The molecule has 0 heterocycles. The van der Waals surface area contributed by atoms with Crippen LogP contribution < -0.4 is 10.1 Å². The highest BCUT2D eigenvalue weighted by Crippen LogP contribution is 2.34. The van der Waals surface area contributed by atoms with Crippen LogP contribution in [0.15, 0.2) is 12.1 Å². The van der Waals surface area contributed by atoms with Gasteiger partial charge in [-0.3, -0.25) is 0 Å². The van der Waals surface area contributed by atoms with E-state index in [1.165, 1.54) is 0 Å². The molecule has 0 spiro atoms. The Balaban J connectivity index is 2.75. The monoisotopic (exact) mass is 263 g/mol. The van der Waals surface area contributed by atoms with Crippen molar-refractivity contribution in [1.29, 1.82) is 0 Å². The predicted molar refractivity (Wildman–Crippen MR) is 66.4 cm³/mol. The first kappa shape index (κ1) is 13.6. The summed E-state index contributed by atoms with van der Waals surface area (Å²) in [7, 11) is 0. The van der Waals surface area contributed by atoms with Gasteiger partial charge in [-0.15, -0.1) is 0 Å². The summed E-state index contributed by atoms with van der Waals surface area (Å²) in [4.78, 5) is 0. The van der Waals surface area contributed by atoms with Gasteiger partial charge in [0.2, 0.25) is 0 Å². The van der Waals surface area contributed by atoms with E-state index in [0.29, 0.717) is 35.5 Å². The Morgan fingerprint density at radius 2 is 1.94 bits per heavy atom. The van der Waals surface area contributed by atoms with Gasteiger partial charge in [0.25, 0.3) is 0 Å². The van der Waals surface area contributed by atoms with Crippen molar-refractivity contribution in [2.75, 3.05) is 19.8 Å². The average Bonchev–Trinajstić information content (AvgIpc) is 2.24. The number of aliphatic hydroxyl groups is 1. The number of hydrogen-bond acceptors (Lipinski definition) is 3. The second kappa shape index (κ2) is 6.97. The molecule has 2 N–H and O–H groups in total. The average molecular weight is 264 g/mol. The number of benzene rings is 1. The number of hydrogen-bond donors (Lipinski definition) is 2. The normalized spacial score (nSPS) is 10.5. The van der Waals surface area contributed by atoms with Gasteiger partial charge in [-0.2, -0.15) is 0 Å². The van der Waals surface area contributed by atoms with Crippen LogP contribution in [0.2, 0.25) is 10.0 Å². The summed E-state index contributed by atoms with van der Waals surface area (Å²) in [6.07, 6.45) is 0. The van der Waals surface area contributed by atoms with Crippen molar-refractivity contribution in [3.05, 3.63) is 27.7 Å². The third-order valence-electron chi connectivity index (χ3n) is 1.96. The van der Waals surface area contributed by atoms with E-state index in [4.69, 9.17) is 33.0 Å². The fourth-order valence-corrected chi connectivity index (χ4v) is 1.95. The molecule has 0 saturated heterocycles. The van der Waals surface area contributed by atoms with Crippen molar-refractivity contribution in [3.63, 3.8) is 0 Å². The van der Waals surface area contributed by atoms with Crippen LogP contribution in [-0.4, -0.2) is 24.9 Å². The Hall–Kier alpha value is -0.480. The lowest BCUT2D eigenvalue weighted by molar-refractivity contribution is 0.292. The summed E-state index contributed by atoms with van der Waals surface area (Å²) in [5, 5.41) is 12.7. The lowest BCUT2D eigenvalue weighted by atomic mass is 10.2. The van der Waals surface area contributed by atoms with Crippen LogP contribution >= 0.6 is 23.2 Å². The van der Waals surface area contributed by atoms with Crippen LogP contribution in [0, 0.1) is 0 Å². The summed E-state index contributed by atoms with van der Waals surface area (Å²) in [6.45, 7) is 3.68. The smallest absolute Gasteiger partial charge is 0.156 e. The maximum atomic E-state index is 8.63. The Kier molecular flexibility index (Phi) is 5.91. The zero-order chi connectivity index (χ0) is 12.0. The number of ether oxygens (including phenoxy) is 1. The SMILES string of the molecule is CCOc1c(Cl)cc(CNCCO)cc1Cl. The Bertz CT molecular complexity index is 322. The van der Waals surface area contributed by atoms with Gasteiger partial charge in [-0.25, -0.2) is 0 Å². The molecular formula is C11H15Cl2NO2. The first-order valence-electron chi connectivity index (χ1n) is 5.11. The maximum absolute atomic E-state index is 8.63. The van der Waals surface area contributed by atoms with Crippen LogP contribution in [0.4, 0.5) is 0 Å². The second-order valence-electron chi connectivity index (χ2n) is 3.22. The number of nitrogens with one attached hydrogen (secondary N) is 1. The molecule has 0 aliphatic rings. The minimum absolute atomic E-state index is 0.110. The van der Waals surface area contributed by atoms with Crippen molar-refractivity contribution < 1.29 is 9.84 Å². The predicted octanol–water partition coefficient (Wildman–Crippen LogP) is 2.47. The first-order valence-corrected chi connectivity index (χ1v) is 5.87. The molecule has 0 fully saturated rings. The molecule has 0 saturated carbocycles. The molecule has 0 aliphatic heterocycles. The van der Waals surface area contributed by atoms with Gasteiger partial charge < -0.3 is 15.2 Å². The summed E-state index contributed by atoms with van der Waals surface area (Å²) in [6, 6.07) is 3.62. The topological polar surface area (TPSA) is 41.5 Å². The molecule has 1 aromatic rings. The third kappa shape index (κ3) is 3.83. The summed E-state index contributed by atoms with van der Waals surface area (Å²) < 4.78 is 5.32. The lowest BCUT2D eigenvalue weighted by Gasteiger charge is -2.10. The number of rotatable bonds is 6. The van der Waals surface area contributed by atoms with Crippen LogP contribution in [0.3, 0.4) is 0 Å². The summed E-state index contributed by atoms with van der Waals surface area (Å²) >= 11 is 12.1. The van der Waals surface area contributed by atoms with Gasteiger partial charge in [0.15, 0.2) is 5.75 Å². The Morgan fingerprint density at radius 3 is 2.44 bits per heavy atom. The van der Waals surface area contributed by atoms with Gasteiger partial charge >= 0.3 is 0 Å². The quantitative estimate of drug-likeness (QED) is 0.775. The molecule has 0 atom stereocenters. The van der Waals surface area contributed by atoms with E-state index in [1.54, 1.807) is 0 Å². The number of aliphatic hydroxyl groups excluding tert-OH is 1. The van der Waals surface area contributed by atoms with Crippen molar-refractivity contribution in [3.8, 4) is 5.75 Å². The highest BCUT2D eigenvalue weighted by atomic mass is 35.5. The van der Waals surface area contributed by atoms with E-state index in [-0.39, 0.29) is 6.61 Å². The molecular weight excluding hydrogens is 249 g/mol. The molecule has 0 amide bonds. The molecule has 0 aromatic heterocycles. The Morgan fingerprint density at radius 1 is 1.31 bits per heavy atom. The minimum atomic E-state index is 0.110. The van der Waals surface area contributed by atoms with Gasteiger partial charge in [0.1, 0.15) is 0 Å². The standard InChI is InChI=1S/C11H15Cl2NO2/c1-2-16-11-9(12)5-8(6-10(11)13)7-14-3-4-15/h5-6,14-15H,2-4,7H2,1H3. The van der Waals surface area contributed by atoms with Gasteiger partial charge in [0.05, 0.1) is 23.3 Å². The molecule has 5 heteroatoms. The second-order valence-corrected chi connectivity index (χ2v) is 4.04. The van der Waals surface area contributed by atoms with Crippen LogP contribution in [-0.2, 0) is 6.54 Å². The van der Waals surface area contributed by atoms with E-state index in [9.17, 15) is 0 Å². The van der Waals surface area contributed by atoms with Gasteiger partial charge in [0, 0.05) is 13.1 Å². The zero-order valence-electron chi connectivity index (χ0n) is 9.09. The summed E-state index contributed by atoms with van der Waals surface area (Å²) in [5.74, 6) is 0.525. The van der Waals surface area contributed by atoms with Crippen molar-refractivity contribution in [2.24, 2.45) is 0 Å². The van der Waals surface area contributed by atoms with E-state index < -0.39 is 0 Å². The molecule has 1 rings (SSSR count). The maximum Gasteiger partial charge on any atom is 0.156 e. The molecule has 0 bridgehead atoms. The highest BCUT2D eigenvalue weighted by Gasteiger charge is 2.08. The highest BCUT2D eigenvalue weighted by molar-refractivity contribution is 6.37. The van der Waals surface area contributed by atoms with E-state index in [0.717, 1.165) is 5.56 Å². The van der Waals surface area contributed by atoms with Gasteiger partial charge in [-0.1, -0.05) is 23.2 Å². The van der Waals surface area contributed by atoms with E-state index in [2.05, 4.69) is 5.32 Å². The Labute approximate surface area is 105 Å².